The summed E-state index contributed by atoms with van der Waals surface area (Å²) in [5.41, 5.74) is 2.56. The second-order valence-electron chi connectivity index (χ2n) is 8.12. The fraction of sp³-hybridized carbons (Fsp3) is 0.500. The zero-order valence-electron chi connectivity index (χ0n) is 17.5. The van der Waals surface area contributed by atoms with Gasteiger partial charge in [0.05, 0.1) is 0 Å². The Labute approximate surface area is 178 Å². The number of benzene rings is 1. The minimum Gasteiger partial charge on any atom is -0.344 e. The highest BCUT2D eigenvalue weighted by atomic mass is 32.1. The molecular weight excluding hydrogens is 380 g/mol. The minimum atomic E-state index is -0.408. The maximum Gasteiger partial charge on any atom is 0.245 e. The molecule has 1 aromatic heterocycles. The van der Waals surface area contributed by atoms with Gasteiger partial charge in [-0.05, 0) is 54.2 Å². The van der Waals surface area contributed by atoms with E-state index in [1.165, 1.54) is 16.0 Å². The summed E-state index contributed by atoms with van der Waals surface area (Å²) >= 11 is 1.77. The van der Waals surface area contributed by atoms with Gasteiger partial charge in [0, 0.05) is 24.4 Å². The molecule has 0 aliphatic carbocycles. The smallest absolute Gasteiger partial charge is 0.245 e. The fourth-order valence-electron chi connectivity index (χ4n) is 3.93. The summed E-state index contributed by atoms with van der Waals surface area (Å²) in [6.45, 7) is 5.58. The number of amides is 2. The summed E-state index contributed by atoms with van der Waals surface area (Å²) in [6, 6.07) is 12.1. The summed E-state index contributed by atoms with van der Waals surface area (Å²) < 4.78 is 0. The number of rotatable bonds is 9. The average Bonchev–Trinajstić information content (AvgIpc) is 3.20. The molecule has 0 saturated heterocycles. The molecule has 29 heavy (non-hydrogen) atoms. The van der Waals surface area contributed by atoms with Gasteiger partial charge in [-0.2, -0.15) is 0 Å². The molecule has 4 nitrogen and oxygen atoms in total. The predicted molar refractivity (Wildman–Crippen MR) is 119 cm³/mol. The minimum absolute atomic E-state index is 0.00871. The normalized spacial score (nSPS) is 15.4. The van der Waals surface area contributed by atoms with Crippen LogP contribution in [0.3, 0.4) is 0 Å². The first-order valence-corrected chi connectivity index (χ1v) is 11.6. The maximum atomic E-state index is 13.1. The Bertz CT molecular complexity index is 802. The topological polar surface area (TPSA) is 49.4 Å². The van der Waals surface area contributed by atoms with Crippen LogP contribution in [0.4, 0.5) is 0 Å². The molecule has 3 rings (SSSR count). The van der Waals surface area contributed by atoms with Crippen LogP contribution in [0.1, 0.15) is 55.5 Å². The Morgan fingerprint density at radius 1 is 1.17 bits per heavy atom. The number of aryl methyl sites for hydroxylation is 1. The van der Waals surface area contributed by atoms with Crippen LogP contribution in [0.25, 0.3) is 0 Å². The molecule has 2 unspecified atom stereocenters. The van der Waals surface area contributed by atoms with Crippen LogP contribution in [-0.4, -0.2) is 29.3 Å². The van der Waals surface area contributed by atoms with Crippen molar-refractivity contribution in [2.24, 2.45) is 5.92 Å². The van der Waals surface area contributed by atoms with Crippen molar-refractivity contribution in [2.75, 3.05) is 6.54 Å². The highest BCUT2D eigenvalue weighted by molar-refractivity contribution is 7.10. The SMILES string of the molecule is CCCC(NC(=O)CC(C)CCc1ccccc1)C(=O)N1CCc2sccc2C1. The van der Waals surface area contributed by atoms with Gasteiger partial charge in [0.15, 0.2) is 0 Å². The van der Waals surface area contributed by atoms with Crippen molar-refractivity contribution in [1.82, 2.24) is 10.2 Å². The Kier molecular flexibility index (Phi) is 7.87. The van der Waals surface area contributed by atoms with Gasteiger partial charge in [0.1, 0.15) is 6.04 Å². The van der Waals surface area contributed by atoms with Gasteiger partial charge in [-0.3, -0.25) is 9.59 Å². The Hall–Kier alpha value is -2.14. The molecule has 0 fully saturated rings. The molecule has 1 aromatic carbocycles. The average molecular weight is 413 g/mol. The molecule has 1 aliphatic rings. The number of carbonyl (C=O) groups excluding carboxylic acids is 2. The van der Waals surface area contributed by atoms with Crippen LogP contribution >= 0.6 is 11.3 Å². The third-order valence-electron chi connectivity index (χ3n) is 5.63. The lowest BCUT2D eigenvalue weighted by Gasteiger charge is -2.31. The van der Waals surface area contributed by atoms with Crippen molar-refractivity contribution in [3.63, 3.8) is 0 Å². The number of hydrogen-bond donors (Lipinski definition) is 1. The Morgan fingerprint density at radius 3 is 2.72 bits per heavy atom. The molecule has 2 atom stereocenters. The Balaban J connectivity index is 1.50. The number of thiophene rings is 1. The zero-order chi connectivity index (χ0) is 20.6. The van der Waals surface area contributed by atoms with E-state index in [2.05, 4.69) is 42.7 Å². The molecule has 1 N–H and O–H groups in total. The van der Waals surface area contributed by atoms with Crippen molar-refractivity contribution >= 4 is 23.2 Å². The molecule has 2 heterocycles. The van der Waals surface area contributed by atoms with Crippen LogP contribution in [-0.2, 0) is 29.0 Å². The van der Waals surface area contributed by atoms with Crippen LogP contribution in [0.5, 0.6) is 0 Å². The van der Waals surface area contributed by atoms with Crippen LogP contribution in [0.15, 0.2) is 41.8 Å². The lowest BCUT2D eigenvalue weighted by molar-refractivity contribution is -0.137. The van der Waals surface area contributed by atoms with Gasteiger partial charge in [-0.25, -0.2) is 0 Å². The van der Waals surface area contributed by atoms with E-state index >= 15 is 0 Å². The molecular formula is C24H32N2O2S. The lowest BCUT2D eigenvalue weighted by atomic mass is 9.97. The van der Waals surface area contributed by atoms with E-state index in [9.17, 15) is 9.59 Å². The van der Waals surface area contributed by atoms with E-state index in [-0.39, 0.29) is 17.7 Å². The van der Waals surface area contributed by atoms with Gasteiger partial charge in [0.25, 0.3) is 0 Å². The first-order chi connectivity index (χ1) is 14.1. The van der Waals surface area contributed by atoms with Crippen molar-refractivity contribution < 1.29 is 9.59 Å². The Morgan fingerprint density at radius 2 is 1.97 bits per heavy atom. The third kappa shape index (κ3) is 6.17. The van der Waals surface area contributed by atoms with Gasteiger partial charge in [-0.15, -0.1) is 11.3 Å². The fourth-order valence-corrected chi connectivity index (χ4v) is 4.82. The second-order valence-corrected chi connectivity index (χ2v) is 9.12. The summed E-state index contributed by atoms with van der Waals surface area (Å²) in [5, 5.41) is 5.13. The predicted octanol–water partition coefficient (Wildman–Crippen LogP) is 4.58. The number of nitrogens with zero attached hydrogens (tertiary/aromatic N) is 1. The summed E-state index contributed by atoms with van der Waals surface area (Å²) in [7, 11) is 0. The van der Waals surface area contributed by atoms with E-state index in [4.69, 9.17) is 0 Å². The van der Waals surface area contributed by atoms with Gasteiger partial charge in [-0.1, -0.05) is 50.6 Å². The quantitative estimate of drug-likeness (QED) is 0.655. The van der Waals surface area contributed by atoms with Crippen LogP contribution < -0.4 is 5.32 Å². The van der Waals surface area contributed by atoms with E-state index in [1.54, 1.807) is 11.3 Å². The van der Waals surface area contributed by atoms with E-state index in [0.29, 0.717) is 19.4 Å². The number of fused-ring (bicyclic) bond motifs is 1. The molecule has 0 bridgehead atoms. The number of carbonyl (C=O) groups is 2. The van der Waals surface area contributed by atoms with Crippen molar-refractivity contribution in [3.05, 3.63) is 57.8 Å². The standard InChI is InChI=1S/C24H32N2O2S/c1-3-7-21(24(28)26-14-12-22-20(17-26)13-15-29-22)25-23(27)16-18(2)10-11-19-8-5-4-6-9-19/h4-6,8-9,13,15,18,21H,3,7,10-12,14,16-17H2,1-2H3,(H,25,27). The molecule has 0 radical (unpaired) electrons. The first kappa shape index (κ1) is 21.6. The lowest BCUT2D eigenvalue weighted by Crippen LogP contribution is -2.49. The first-order valence-electron chi connectivity index (χ1n) is 10.7. The summed E-state index contributed by atoms with van der Waals surface area (Å²) in [4.78, 5) is 29.0. The molecule has 1 aliphatic heterocycles. The summed E-state index contributed by atoms with van der Waals surface area (Å²) in [6.07, 6.45) is 4.89. The van der Waals surface area contributed by atoms with Crippen molar-refractivity contribution in [3.8, 4) is 0 Å². The highest BCUT2D eigenvalue weighted by Gasteiger charge is 2.28. The van der Waals surface area contributed by atoms with E-state index < -0.39 is 6.04 Å². The molecule has 0 spiro atoms. The monoisotopic (exact) mass is 412 g/mol. The maximum absolute atomic E-state index is 13.1. The largest absolute Gasteiger partial charge is 0.344 e. The molecule has 5 heteroatoms. The highest BCUT2D eigenvalue weighted by Crippen LogP contribution is 2.24. The van der Waals surface area contributed by atoms with Gasteiger partial charge < -0.3 is 10.2 Å². The molecule has 156 valence electrons. The molecule has 2 aromatic rings. The number of hydrogen-bond acceptors (Lipinski definition) is 3. The van der Waals surface area contributed by atoms with Gasteiger partial charge >= 0.3 is 0 Å². The molecule has 0 saturated carbocycles. The van der Waals surface area contributed by atoms with E-state index in [0.717, 1.165) is 32.2 Å². The zero-order valence-corrected chi connectivity index (χ0v) is 18.3. The number of nitrogens with one attached hydrogen (secondary N) is 1. The van der Waals surface area contributed by atoms with E-state index in [1.807, 2.05) is 23.1 Å². The third-order valence-corrected chi connectivity index (χ3v) is 6.66. The summed E-state index contributed by atoms with van der Waals surface area (Å²) in [5.74, 6) is 0.343. The molecule has 2 amide bonds. The van der Waals surface area contributed by atoms with Crippen LogP contribution in [0.2, 0.25) is 0 Å². The van der Waals surface area contributed by atoms with Crippen molar-refractivity contribution in [2.45, 2.75) is 65.0 Å². The van der Waals surface area contributed by atoms with Crippen LogP contribution in [0, 0.1) is 5.92 Å². The van der Waals surface area contributed by atoms with Crippen molar-refractivity contribution in [1.29, 1.82) is 0 Å². The van der Waals surface area contributed by atoms with Gasteiger partial charge in [0.2, 0.25) is 11.8 Å². The second kappa shape index (κ2) is 10.6.